The zero-order valence-corrected chi connectivity index (χ0v) is 21.6. The zero-order chi connectivity index (χ0) is 25.0. The highest BCUT2D eigenvalue weighted by Crippen LogP contribution is 2.44. The van der Waals surface area contributed by atoms with Gasteiger partial charge in [0.15, 0.2) is 0 Å². The highest BCUT2D eigenvalue weighted by molar-refractivity contribution is 6.32. The summed E-state index contributed by atoms with van der Waals surface area (Å²) in [4.78, 5) is 25.7. The Hall–Kier alpha value is -2.63. The number of aryl methyl sites for hydroxylation is 1. The number of benzene rings is 2. The standard InChI is InChI=1S/C22H26ClN3O.C3H4O.C2H6/c1-14-7-6-8-17(19(14)23)22(12-25(4)13-22)24-15-9-10-16-18(11-15)26(5)20(27)21(16,2)3;1-2-3-4;1-2/h6-11,24H,12-13H2,1-5H3;2-3H,1H2;1-2H3. The molecule has 33 heavy (non-hydrogen) atoms. The molecular formula is C27H36ClN3O2. The molecule has 178 valence electrons. The first kappa shape index (κ1) is 26.6. The van der Waals surface area contributed by atoms with E-state index in [9.17, 15) is 4.79 Å². The highest BCUT2D eigenvalue weighted by atomic mass is 35.5. The second kappa shape index (κ2) is 10.5. The lowest BCUT2D eigenvalue weighted by atomic mass is 9.81. The molecule has 2 aliphatic heterocycles. The van der Waals surface area contributed by atoms with Gasteiger partial charge in [-0.25, -0.2) is 0 Å². The number of likely N-dealkylation sites (tertiary alicyclic amines) is 1. The Morgan fingerprint density at radius 3 is 2.24 bits per heavy atom. The van der Waals surface area contributed by atoms with Crippen LogP contribution in [0.15, 0.2) is 49.1 Å². The van der Waals surface area contributed by atoms with E-state index in [2.05, 4.69) is 54.2 Å². The average molecular weight is 470 g/mol. The minimum Gasteiger partial charge on any atom is -0.373 e. The average Bonchev–Trinajstić information content (AvgIpc) is 2.95. The minimum absolute atomic E-state index is 0.134. The Morgan fingerprint density at radius 2 is 1.70 bits per heavy atom. The second-order valence-electron chi connectivity index (χ2n) is 8.91. The van der Waals surface area contributed by atoms with Gasteiger partial charge in [-0.15, -0.1) is 0 Å². The van der Waals surface area contributed by atoms with Crippen molar-refractivity contribution in [2.24, 2.45) is 0 Å². The van der Waals surface area contributed by atoms with E-state index in [1.165, 1.54) is 6.08 Å². The van der Waals surface area contributed by atoms with Gasteiger partial charge in [-0.05, 0) is 62.7 Å². The molecule has 2 heterocycles. The van der Waals surface area contributed by atoms with Crippen LogP contribution in [0.3, 0.4) is 0 Å². The molecule has 0 atom stereocenters. The molecule has 2 aromatic carbocycles. The van der Waals surface area contributed by atoms with E-state index in [-0.39, 0.29) is 11.4 Å². The summed E-state index contributed by atoms with van der Waals surface area (Å²) in [7, 11) is 3.96. The predicted octanol–water partition coefficient (Wildman–Crippen LogP) is 5.55. The molecule has 1 saturated heterocycles. The van der Waals surface area contributed by atoms with E-state index >= 15 is 0 Å². The van der Waals surface area contributed by atoms with Crippen molar-refractivity contribution in [3.8, 4) is 0 Å². The van der Waals surface area contributed by atoms with Gasteiger partial charge in [0, 0.05) is 36.5 Å². The molecule has 0 bridgehead atoms. The van der Waals surface area contributed by atoms with Crippen molar-refractivity contribution >= 4 is 35.2 Å². The number of likely N-dealkylation sites (N-methyl/N-ethyl adjacent to an activating group) is 2. The first-order valence-corrected chi connectivity index (χ1v) is 11.7. The molecule has 1 N–H and O–H groups in total. The first-order valence-electron chi connectivity index (χ1n) is 11.3. The number of nitrogens with zero attached hydrogens (tertiary/aromatic N) is 2. The number of allylic oxidation sites excluding steroid dienone is 1. The maximum absolute atomic E-state index is 12.6. The van der Waals surface area contributed by atoms with E-state index < -0.39 is 5.41 Å². The molecular weight excluding hydrogens is 434 g/mol. The summed E-state index contributed by atoms with van der Waals surface area (Å²) in [5.41, 5.74) is 4.59. The third-order valence-corrected chi connectivity index (χ3v) is 6.64. The third kappa shape index (κ3) is 4.99. The molecule has 6 heteroatoms. The zero-order valence-electron chi connectivity index (χ0n) is 20.8. The molecule has 0 aliphatic carbocycles. The van der Waals surface area contributed by atoms with Crippen LogP contribution >= 0.6 is 11.6 Å². The number of anilines is 2. The number of rotatable bonds is 4. The van der Waals surface area contributed by atoms with Gasteiger partial charge in [0.2, 0.25) is 5.91 Å². The monoisotopic (exact) mass is 469 g/mol. The number of aldehydes is 1. The normalized spacial score (nSPS) is 17.5. The molecule has 0 unspecified atom stereocenters. The Labute approximate surface area is 203 Å². The van der Waals surface area contributed by atoms with Gasteiger partial charge < -0.3 is 15.1 Å². The minimum atomic E-state index is -0.475. The fourth-order valence-electron chi connectivity index (χ4n) is 4.54. The van der Waals surface area contributed by atoms with Crippen LogP contribution in [0.4, 0.5) is 11.4 Å². The Bertz CT molecular complexity index is 1020. The number of carbonyl (C=O) groups is 2. The van der Waals surface area contributed by atoms with Crippen molar-refractivity contribution in [3.05, 3.63) is 70.8 Å². The van der Waals surface area contributed by atoms with E-state index in [4.69, 9.17) is 16.4 Å². The van der Waals surface area contributed by atoms with Crippen LogP contribution in [0.25, 0.3) is 0 Å². The van der Waals surface area contributed by atoms with Crippen LogP contribution in [0.2, 0.25) is 5.02 Å². The maximum Gasteiger partial charge on any atom is 0.236 e. The number of amides is 1. The van der Waals surface area contributed by atoms with Crippen molar-refractivity contribution < 1.29 is 9.59 Å². The first-order chi connectivity index (χ1) is 15.6. The maximum atomic E-state index is 12.6. The molecule has 2 aliphatic rings. The molecule has 5 nitrogen and oxygen atoms in total. The molecule has 1 fully saturated rings. The molecule has 2 aromatic rings. The fourth-order valence-corrected chi connectivity index (χ4v) is 4.85. The van der Waals surface area contributed by atoms with Gasteiger partial charge >= 0.3 is 0 Å². The largest absolute Gasteiger partial charge is 0.373 e. The summed E-state index contributed by atoms with van der Waals surface area (Å²) >= 11 is 6.67. The fraction of sp³-hybridized carbons (Fsp3) is 0.407. The van der Waals surface area contributed by atoms with Gasteiger partial charge in [0.25, 0.3) is 0 Å². The van der Waals surface area contributed by atoms with Gasteiger partial charge in [-0.1, -0.05) is 56.3 Å². The van der Waals surface area contributed by atoms with Crippen LogP contribution in [-0.4, -0.2) is 44.3 Å². The summed E-state index contributed by atoms with van der Waals surface area (Å²) < 4.78 is 0. The number of nitrogens with one attached hydrogen (secondary N) is 1. The van der Waals surface area contributed by atoms with Crippen LogP contribution in [0.5, 0.6) is 0 Å². The summed E-state index contributed by atoms with van der Waals surface area (Å²) in [6, 6.07) is 12.5. The smallest absolute Gasteiger partial charge is 0.236 e. The van der Waals surface area contributed by atoms with Gasteiger partial charge in [-0.2, -0.15) is 0 Å². The summed E-state index contributed by atoms with van der Waals surface area (Å²) in [6.07, 6.45) is 1.83. The molecule has 1 amide bonds. The molecule has 0 saturated carbocycles. The molecule has 0 radical (unpaired) electrons. The van der Waals surface area contributed by atoms with Crippen molar-refractivity contribution in [1.29, 1.82) is 0 Å². The summed E-state index contributed by atoms with van der Waals surface area (Å²) in [6.45, 7) is 14.9. The summed E-state index contributed by atoms with van der Waals surface area (Å²) in [5, 5.41) is 4.56. The van der Waals surface area contributed by atoms with E-state index in [1.807, 2.05) is 47.7 Å². The van der Waals surface area contributed by atoms with Crippen LogP contribution in [0, 0.1) is 6.92 Å². The Kier molecular flexibility index (Phi) is 8.50. The number of hydrogen-bond acceptors (Lipinski definition) is 4. The number of fused-ring (bicyclic) bond motifs is 1. The third-order valence-electron chi connectivity index (χ3n) is 6.14. The summed E-state index contributed by atoms with van der Waals surface area (Å²) in [5.74, 6) is 0.134. The van der Waals surface area contributed by atoms with Crippen LogP contribution in [-0.2, 0) is 20.5 Å². The molecule has 0 aromatic heterocycles. The quantitative estimate of drug-likeness (QED) is 0.471. The van der Waals surface area contributed by atoms with E-state index in [0.29, 0.717) is 6.29 Å². The molecule has 0 spiro atoms. The lowest BCUT2D eigenvalue weighted by Crippen LogP contribution is -2.62. The van der Waals surface area contributed by atoms with E-state index in [0.717, 1.165) is 46.2 Å². The lowest BCUT2D eigenvalue weighted by Gasteiger charge is -2.50. The van der Waals surface area contributed by atoms with Gasteiger partial charge in [0.1, 0.15) is 6.29 Å². The highest BCUT2D eigenvalue weighted by Gasteiger charge is 2.45. The number of carbonyl (C=O) groups excluding carboxylic acids is 2. The van der Waals surface area contributed by atoms with Crippen LogP contribution in [0.1, 0.15) is 44.4 Å². The lowest BCUT2D eigenvalue weighted by molar-refractivity contribution is -0.121. The predicted molar refractivity (Wildman–Crippen MR) is 139 cm³/mol. The Morgan fingerprint density at radius 1 is 1.09 bits per heavy atom. The van der Waals surface area contributed by atoms with E-state index in [1.54, 1.807) is 4.90 Å². The van der Waals surface area contributed by atoms with Crippen molar-refractivity contribution in [2.75, 3.05) is 37.4 Å². The topological polar surface area (TPSA) is 52.7 Å². The Balaban J connectivity index is 0.000000582. The number of halogens is 1. The van der Waals surface area contributed by atoms with Crippen molar-refractivity contribution in [1.82, 2.24) is 4.90 Å². The van der Waals surface area contributed by atoms with Gasteiger partial charge in [-0.3, -0.25) is 9.59 Å². The second-order valence-corrected chi connectivity index (χ2v) is 9.29. The number of hydrogen-bond donors (Lipinski definition) is 1. The van der Waals surface area contributed by atoms with Crippen molar-refractivity contribution in [3.63, 3.8) is 0 Å². The van der Waals surface area contributed by atoms with Crippen LogP contribution < -0.4 is 10.2 Å². The van der Waals surface area contributed by atoms with Gasteiger partial charge in [0.05, 0.1) is 11.0 Å². The SMILES string of the molecule is C=CC=O.CC.Cc1cccc(C2(Nc3ccc4c(c3)N(C)C(=O)C4(C)C)CN(C)C2)c1Cl. The van der Waals surface area contributed by atoms with Crippen molar-refractivity contribution in [2.45, 2.75) is 45.6 Å². The molecule has 4 rings (SSSR count).